The summed E-state index contributed by atoms with van der Waals surface area (Å²) < 4.78 is 0. The van der Waals surface area contributed by atoms with Crippen molar-refractivity contribution in [1.82, 2.24) is 10.2 Å². The van der Waals surface area contributed by atoms with Gasteiger partial charge in [-0.3, -0.25) is 4.79 Å². The quantitative estimate of drug-likeness (QED) is 0.849. The van der Waals surface area contributed by atoms with Gasteiger partial charge in [0, 0.05) is 25.6 Å². The van der Waals surface area contributed by atoms with Crippen LogP contribution in [0.4, 0.5) is 4.79 Å². The summed E-state index contributed by atoms with van der Waals surface area (Å²) in [6.45, 7) is 1.35. The highest BCUT2D eigenvalue weighted by molar-refractivity contribution is 7.07. The van der Waals surface area contributed by atoms with E-state index in [9.17, 15) is 9.59 Å². The molecule has 5 nitrogen and oxygen atoms in total. The number of rotatable bonds is 6. The third kappa shape index (κ3) is 5.04. The summed E-state index contributed by atoms with van der Waals surface area (Å²) in [5, 5.41) is 15.9. The molecule has 1 atom stereocenters. The predicted octanol–water partition coefficient (Wildman–Crippen LogP) is 2.72. The molecular weight excluding hydrogens is 288 g/mol. The Bertz CT molecular complexity index is 461. The smallest absolute Gasteiger partial charge is 0.317 e. The minimum absolute atomic E-state index is 0.0553. The fourth-order valence-corrected chi connectivity index (χ4v) is 3.41. The summed E-state index contributed by atoms with van der Waals surface area (Å²) in [6.07, 6.45) is 4.50. The number of urea groups is 1. The molecule has 2 heterocycles. The number of carboxylic acids is 1. The van der Waals surface area contributed by atoms with Crippen molar-refractivity contribution >= 4 is 23.3 Å². The molecule has 0 radical (unpaired) electrons. The highest BCUT2D eigenvalue weighted by Crippen LogP contribution is 2.21. The van der Waals surface area contributed by atoms with Crippen LogP contribution in [0.25, 0.3) is 0 Å². The lowest BCUT2D eigenvalue weighted by atomic mass is 9.98. The molecule has 21 heavy (non-hydrogen) atoms. The van der Waals surface area contributed by atoms with Gasteiger partial charge < -0.3 is 15.3 Å². The van der Waals surface area contributed by atoms with Gasteiger partial charge in [-0.15, -0.1) is 0 Å². The van der Waals surface area contributed by atoms with E-state index >= 15 is 0 Å². The molecule has 6 heteroatoms. The van der Waals surface area contributed by atoms with Crippen LogP contribution in [0.5, 0.6) is 0 Å². The second-order valence-electron chi connectivity index (χ2n) is 5.39. The van der Waals surface area contributed by atoms with E-state index in [1.165, 1.54) is 5.56 Å². The first kappa shape index (κ1) is 15.8. The first-order valence-electron chi connectivity index (χ1n) is 7.44. The largest absolute Gasteiger partial charge is 0.481 e. The number of nitrogens with zero attached hydrogens (tertiary/aromatic N) is 1. The highest BCUT2D eigenvalue weighted by atomic mass is 32.1. The lowest BCUT2D eigenvalue weighted by molar-refractivity contribution is -0.137. The Balaban J connectivity index is 1.78. The number of carbonyl (C=O) groups is 2. The summed E-state index contributed by atoms with van der Waals surface area (Å²) in [4.78, 5) is 24.8. The number of thiophene rings is 1. The average Bonchev–Trinajstić information content (AvgIpc) is 2.98. The van der Waals surface area contributed by atoms with E-state index in [1.54, 1.807) is 11.3 Å². The second kappa shape index (κ2) is 8.02. The standard InChI is InChI=1S/C15H22N2O3S/c18-14(19)5-4-13-3-1-2-9-17(13)15(20)16-8-6-12-7-10-21-11-12/h7,10-11,13H,1-6,8-9H2,(H,16,20)(H,18,19). The SMILES string of the molecule is O=C(O)CCC1CCCCN1C(=O)NCCc1ccsc1. The summed E-state index contributed by atoms with van der Waals surface area (Å²) >= 11 is 1.66. The molecule has 0 aliphatic carbocycles. The van der Waals surface area contributed by atoms with Gasteiger partial charge in [0.2, 0.25) is 0 Å². The number of amides is 2. The van der Waals surface area contributed by atoms with Crippen LogP contribution in [-0.2, 0) is 11.2 Å². The Kier molecular flexibility index (Phi) is 6.04. The molecule has 2 N–H and O–H groups in total. The predicted molar refractivity (Wildman–Crippen MR) is 82.6 cm³/mol. The Morgan fingerprint density at radius 1 is 1.43 bits per heavy atom. The van der Waals surface area contributed by atoms with Crippen LogP contribution in [0, 0.1) is 0 Å². The van der Waals surface area contributed by atoms with E-state index in [0.717, 1.165) is 32.2 Å². The van der Waals surface area contributed by atoms with Crippen molar-refractivity contribution in [2.45, 2.75) is 44.6 Å². The van der Waals surface area contributed by atoms with E-state index in [4.69, 9.17) is 5.11 Å². The van der Waals surface area contributed by atoms with Crippen molar-refractivity contribution in [3.05, 3.63) is 22.4 Å². The van der Waals surface area contributed by atoms with E-state index in [1.807, 2.05) is 10.3 Å². The van der Waals surface area contributed by atoms with E-state index in [2.05, 4.69) is 16.8 Å². The Morgan fingerprint density at radius 3 is 3.00 bits per heavy atom. The van der Waals surface area contributed by atoms with Crippen LogP contribution < -0.4 is 5.32 Å². The van der Waals surface area contributed by atoms with Crippen molar-refractivity contribution in [3.63, 3.8) is 0 Å². The van der Waals surface area contributed by atoms with Gasteiger partial charge in [0.15, 0.2) is 0 Å². The molecule has 116 valence electrons. The van der Waals surface area contributed by atoms with Crippen molar-refractivity contribution in [3.8, 4) is 0 Å². The summed E-state index contributed by atoms with van der Waals surface area (Å²) in [7, 11) is 0. The third-order valence-corrected chi connectivity index (χ3v) is 4.58. The third-order valence-electron chi connectivity index (χ3n) is 3.85. The van der Waals surface area contributed by atoms with Crippen molar-refractivity contribution < 1.29 is 14.7 Å². The number of hydrogen-bond donors (Lipinski definition) is 2. The van der Waals surface area contributed by atoms with Crippen LogP contribution in [-0.4, -0.2) is 41.1 Å². The fraction of sp³-hybridized carbons (Fsp3) is 0.600. The number of carboxylic acid groups (broad SMARTS) is 1. The monoisotopic (exact) mass is 310 g/mol. The number of piperidine rings is 1. The molecule has 0 spiro atoms. The van der Waals surface area contributed by atoms with Gasteiger partial charge >= 0.3 is 12.0 Å². The van der Waals surface area contributed by atoms with Crippen LogP contribution in [0.1, 0.15) is 37.7 Å². The Labute approximate surface area is 129 Å². The first-order chi connectivity index (χ1) is 10.2. The maximum Gasteiger partial charge on any atom is 0.317 e. The van der Waals surface area contributed by atoms with Gasteiger partial charge in [0.25, 0.3) is 0 Å². The molecule has 1 saturated heterocycles. The molecule has 1 aliphatic heterocycles. The molecule has 0 saturated carbocycles. The normalized spacial score (nSPS) is 18.5. The molecule has 2 amide bonds. The zero-order valence-corrected chi connectivity index (χ0v) is 12.9. The van der Waals surface area contributed by atoms with Crippen molar-refractivity contribution in [2.24, 2.45) is 0 Å². The maximum absolute atomic E-state index is 12.3. The lowest BCUT2D eigenvalue weighted by Crippen LogP contribution is -2.49. The van der Waals surface area contributed by atoms with Crippen molar-refractivity contribution in [1.29, 1.82) is 0 Å². The van der Waals surface area contributed by atoms with Gasteiger partial charge in [-0.25, -0.2) is 4.79 Å². The van der Waals surface area contributed by atoms with Crippen LogP contribution in [0.3, 0.4) is 0 Å². The van der Waals surface area contributed by atoms with E-state index < -0.39 is 5.97 Å². The number of carbonyl (C=O) groups excluding carboxylic acids is 1. The number of likely N-dealkylation sites (tertiary alicyclic amines) is 1. The fourth-order valence-electron chi connectivity index (χ4n) is 2.71. The molecule has 1 unspecified atom stereocenters. The van der Waals surface area contributed by atoms with Gasteiger partial charge in [0.1, 0.15) is 0 Å². The molecule has 2 rings (SSSR count). The number of aliphatic carboxylic acids is 1. The molecule has 0 bridgehead atoms. The number of nitrogens with one attached hydrogen (secondary N) is 1. The molecular formula is C15H22N2O3S. The van der Waals surface area contributed by atoms with E-state index in [0.29, 0.717) is 13.0 Å². The second-order valence-corrected chi connectivity index (χ2v) is 6.17. The van der Waals surface area contributed by atoms with Crippen molar-refractivity contribution in [2.75, 3.05) is 13.1 Å². The van der Waals surface area contributed by atoms with Crippen LogP contribution >= 0.6 is 11.3 Å². The summed E-state index contributed by atoms with van der Waals surface area (Å²) in [5.41, 5.74) is 1.24. The zero-order valence-electron chi connectivity index (χ0n) is 12.1. The Morgan fingerprint density at radius 2 is 2.29 bits per heavy atom. The van der Waals surface area contributed by atoms with Gasteiger partial charge in [0.05, 0.1) is 0 Å². The van der Waals surface area contributed by atoms with Crippen LogP contribution in [0.2, 0.25) is 0 Å². The molecule has 0 aromatic carbocycles. The van der Waals surface area contributed by atoms with Gasteiger partial charge in [-0.1, -0.05) is 0 Å². The summed E-state index contributed by atoms with van der Waals surface area (Å²) in [5.74, 6) is -0.793. The van der Waals surface area contributed by atoms with Crippen LogP contribution in [0.15, 0.2) is 16.8 Å². The first-order valence-corrected chi connectivity index (χ1v) is 8.38. The maximum atomic E-state index is 12.3. The van der Waals surface area contributed by atoms with E-state index in [-0.39, 0.29) is 18.5 Å². The van der Waals surface area contributed by atoms with Gasteiger partial charge in [-0.05, 0) is 54.5 Å². The molecule has 1 aliphatic rings. The minimum atomic E-state index is -0.793. The number of hydrogen-bond acceptors (Lipinski definition) is 3. The average molecular weight is 310 g/mol. The minimum Gasteiger partial charge on any atom is -0.481 e. The van der Waals surface area contributed by atoms with Gasteiger partial charge in [-0.2, -0.15) is 11.3 Å². The summed E-state index contributed by atoms with van der Waals surface area (Å²) in [6, 6.07) is 2.07. The lowest BCUT2D eigenvalue weighted by Gasteiger charge is -2.35. The Hall–Kier alpha value is -1.56. The highest BCUT2D eigenvalue weighted by Gasteiger charge is 2.26. The molecule has 1 aromatic rings. The zero-order chi connectivity index (χ0) is 15.1. The topological polar surface area (TPSA) is 69.6 Å². The molecule has 1 fully saturated rings. The molecule has 1 aromatic heterocycles.